The van der Waals surface area contributed by atoms with E-state index >= 15 is 0 Å². The minimum absolute atomic E-state index is 0.0823. The number of hydrogen-bond donors (Lipinski definition) is 1. The zero-order chi connectivity index (χ0) is 17.8. The summed E-state index contributed by atoms with van der Waals surface area (Å²) in [7, 11) is 0. The predicted molar refractivity (Wildman–Crippen MR) is 107 cm³/mol. The summed E-state index contributed by atoms with van der Waals surface area (Å²) >= 11 is 0. The lowest BCUT2D eigenvalue weighted by molar-refractivity contribution is 0.616. The Bertz CT molecular complexity index is 1010. The summed E-state index contributed by atoms with van der Waals surface area (Å²) in [4.78, 5) is 0. The van der Waals surface area contributed by atoms with Crippen molar-refractivity contribution in [2.24, 2.45) is 0 Å². The first-order valence-electron chi connectivity index (χ1n) is 9.19. The van der Waals surface area contributed by atoms with Crippen LogP contribution in [-0.4, -0.2) is 0 Å². The predicted octanol–water partition coefficient (Wildman–Crippen LogP) is 4.12. The SMILES string of the molecule is C1=CC=CNC=C1.Fc1cccc2c1CC=c1c-2ccc2c1=CCCC2. The van der Waals surface area contributed by atoms with Crippen LogP contribution in [0.3, 0.4) is 0 Å². The van der Waals surface area contributed by atoms with Gasteiger partial charge in [-0.25, -0.2) is 4.39 Å². The quantitative estimate of drug-likeness (QED) is 0.759. The molecule has 1 nitrogen and oxygen atoms in total. The molecule has 2 aliphatic carbocycles. The van der Waals surface area contributed by atoms with E-state index in [1.54, 1.807) is 6.07 Å². The zero-order valence-corrected chi connectivity index (χ0v) is 14.7. The molecule has 0 aromatic heterocycles. The van der Waals surface area contributed by atoms with E-state index in [2.05, 4.69) is 29.6 Å². The van der Waals surface area contributed by atoms with Gasteiger partial charge in [0.2, 0.25) is 0 Å². The number of benzene rings is 2. The molecule has 1 aliphatic heterocycles. The minimum Gasteiger partial charge on any atom is -0.368 e. The smallest absolute Gasteiger partial charge is 0.127 e. The lowest BCUT2D eigenvalue weighted by Gasteiger charge is -2.18. The first-order chi connectivity index (χ1) is 12.8. The Kier molecular flexibility index (Phi) is 4.83. The molecule has 0 amide bonds. The van der Waals surface area contributed by atoms with E-state index in [1.165, 1.54) is 34.4 Å². The van der Waals surface area contributed by atoms with Crippen molar-refractivity contribution < 1.29 is 4.39 Å². The van der Waals surface area contributed by atoms with Gasteiger partial charge in [-0.2, -0.15) is 0 Å². The number of halogens is 1. The highest BCUT2D eigenvalue weighted by atomic mass is 19.1. The molecule has 0 spiro atoms. The fourth-order valence-electron chi connectivity index (χ4n) is 3.76. The van der Waals surface area contributed by atoms with E-state index in [1.807, 2.05) is 48.8 Å². The minimum atomic E-state index is -0.0823. The maximum Gasteiger partial charge on any atom is 0.127 e. The van der Waals surface area contributed by atoms with Crippen molar-refractivity contribution in [1.82, 2.24) is 5.32 Å². The number of rotatable bonds is 0. The fourth-order valence-corrected chi connectivity index (χ4v) is 3.76. The molecular weight excluding hydrogens is 321 g/mol. The summed E-state index contributed by atoms with van der Waals surface area (Å²) in [5.74, 6) is -0.0823. The largest absolute Gasteiger partial charge is 0.368 e. The van der Waals surface area contributed by atoms with Crippen LogP contribution in [0.4, 0.5) is 4.39 Å². The Morgan fingerprint density at radius 2 is 1.65 bits per heavy atom. The third-order valence-corrected chi connectivity index (χ3v) is 5.01. The van der Waals surface area contributed by atoms with Crippen molar-refractivity contribution in [3.05, 3.63) is 94.4 Å². The van der Waals surface area contributed by atoms with Gasteiger partial charge in [-0.1, -0.05) is 48.6 Å². The molecule has 0 saturated carbocycles. The summed E-state index contributed by atoms with van der Waals surface area (Å²) < 4.78 is 13.9. The Balaban J connectivity index is 0.000000204. The highest BCUT2D eigenvalue weighted by molar-refractivity contribution is 5.74. The maximum absolute atomic E-state index is 13.9. The third-order valence-electron chi connectivity index (χ3n) is 5.01. The molecule has 2 aromatic rings. The van der Waals surface area contributed by atoms with Gasteiger partial charge in [0.15, 0.2) is 0 Å². The summed E-state index contributed by atoms with van der Waals surface area (Å²) in [6.45, 7) is 0. The van der Waals surface area contributed by atoms with Crippen LogP contribution in [0.5, 0.6) is 0 Å². The van der Waals surface area contributed by atoms with Gasteiger partial charge in [-0.3, -0.25) is 0 Å². The topological polar surface area (TPSA) is 12.0 Å². The van der Waals surface area contributed by atoms with E-state index < -0.39 is 0 Å². The number of fused-ring (bicyclic) bond motifs is 5. The Morgan fingerprint density at radius 3 is 2.50 bits per heavy atom. The number of aryl methyl sites for hydroxylation is 1. The molecule has 0 saturated heterocycles. The first kappa shape index (κ1) is 16.6. The van der Waals surface area contributed by atoms with Crippen molar-refractivity contribution in [1.29, 1.82) is 0 Å². The normalized spacial score (nSPS) is 15.7. The molecule has 2 heteroatoms. The van der Waals surface area contributed by atoms with Crippen LogP contribution in [0, 0.1) is 5.82 Å². The van der Waals surface area contributed by atoms with E-state index in [0.29, 0.717) is 6.42 Å². The second-order valence-corrected chi connectivity index (χ2v) is 6.64. The first-order valence-corrected chi connectivity index (χ1v) is 9.19. The Labute approximate surface area is 153 Å². The van der Waals surface area contributed by atoms with Gasteiger partial charge in [0.25, 0.3) is 0 Å². The molecule has 1 N–H and O–H groups in total. The van der Waals surface area contributed by atoms with Crippen LogP contribution >= 0.6 is 0 Å². The highest BCUT2D eigenvalue weighted by Gasteiger charge is 2.16. The van der Waals surface area contributed by atoms with Crippen LogP contribution in [0.1, 0.15) is 24.0 Å². The monoisotopic (exact) mass is 343 g/mol. The van der Waals surface area contributed by atoms with E-state index in [4.69, 9.17) is 0 Å². The van der Waals surface area contributed by atoms with Crippen molar-refractivity contribution in [3.8, 4) is 11.1 Å². The van der Waals surface area contributed by atoms with Crippen LogP contribution in [0.15, 0.2) is 67.0 Å². The van der Waals surface area contributed by atoms with Gasteiger partial charge in [-0.05, 0) is 76.6 Å². The van der Waals surface area contributed by atoms with Gasteiger partial charge >= 0.3 is 0 Å². The van der Waals surface area contributed by atoms with Crippen molar-refractivity contribution in [2.75, 3.05) is 0 Å². The second kappa shape index (κ2) is 7.57. The number of nitrogens with one attached hydrogen (secondary N) is 1. The molecule has 0 fully saturated rings. The van der Waals surface area contributed by atoms with Crippen LogP contribution in [-0.2, 0) is 12.8 Å². The van der Waals surface area contributed by atoms with Crippen molar-refractivity contribution in [2.45, 2.75) is 25.7 Å². The third kappa shape index (κ3) is 3.28. The molecular formula is C24H22FN. The molecule has 2 aromatic carbocycles. The van der Waals surface area contributed by atoms with E-state index in [9.17, 15) is 4.39 Å². The number of hydrogen-bond acceptors (Lipinski definition) is 1. The molecule has 0 unspecified atom stereocenters. The summed E-state index contributed by atoms with van der Waals surface area (Å²) in [6, 6.07) is 9.80. The standard InChI is InChI=1S/C18H15F.C6H7N/c19-18-7-3-6-14-16-9-8-12-4-1-2-5-13(12)15(16)10-11-17(14)18;1-2-4-6-7-5-3-1/h3,5-10H,1-2,4,11H2;1-7H. The van der Waals surface area contributed by atoms with Gasteiger partial charge in [-0.15, -0.1) is 0 Å². The van der Waals surface area contributed by atoms with Gasteiger partial charge < -0.3 is 5.32 Å². The average molecular weight is 343 g/mol. The average Bonchev–Trinajstić information content (AvgIpc) is 3.01. The van der Waals surface area contributed by atoms with Crippen LogP contribution < -0.4 is 15.8 Å². The van der Waals surface area contributed by atoms with E-state index in [-0.39, 0.29) is 5.82 Å². The Hall–Kier alpha value is -2.87. The molecule has 0 radical (unpaired) electrons. The highest BCUT2D eigenvalue weighted by Crippen LogP contribution is 2.27. The lowest BCUT2D eigenvalue weighted by Crippen LogP contribution is -2.34. The maximum atomic E-state index is 13.9. The van der Waals surface area contributed by atoms with Crippen LogP contribution in [0.25, 0.3) is 23.3 Å². The molecule has 5 rings (SSSR count). The van der Waals surface area contributed by atoms with Crippen molar-refractivity contribution in [3.63, 3.8) is 0 Å². The van der Waals surface area contributed by atoms with Crippen molar-refractivity contribution >= 4 is 12.2 Å². The summed E-state index contributed by atoms with van der Waals surface area (Å²) in [5.41, 5.74) is 4.55. The van der Waals surface area contributed by atoms with Gasteiger partial charge in [0, 0.05) is 12.4 Å². The summed E-state index contributed by atoms with van der Waals surface area (Å²) in [6.07, 6.45) is 20.4. The van der Waals surface area contributed by atoms with Gasteiger partial charge in [0.1, 0.15) is 5.82 Å². The molecule has 3 aliphatic rings. The fraction of sp³-hybridized carbons (Fsp3) is 0.167. The zero-order valence-electron chi connectivity index (χ0n) is 14.7. The molecule has 1 heterocycles. The second-order valence-electron chi connectivity index (χ2n) is 6.64. The molecule has 26 heavy (non-hydrogen) atoms. The Morgan fingerprint density at radius 1 is 0.808 bits per heavy atom. The molecule has 130 valence electrons. The van der Waals surface area contributed by atoms with Crippen LogP contribution in [0.2, 0.25) is 0 Å². The molecule has 0 atom stereocenters. The summed E-state index contributed by atoms with van der Waals surface area (Å²) in [5, 5.41) is 5.63. The molecule has 0 bridgehead atoms. The number of allylic oxidation sites excluding steroid dienone is 4. The lowest BCUT2D eigenvalue weighted by atomic mass is 9.87. The van der Waals surface area contributed by atoms with E-state index in [0.717, 1.165) is 17.5 Å². The van der Waals surface area contributed by atoms with Gasteiger partial charge in [0.05, 0.1) is 0 Å².